The Morgan fingerprint density at radius 3 is 2.67 bits per heavy atom. The van der Waals surface area contributed by atoms with Gasteiger partial charge in [0, 0.05) is 22.1 Å². The number of carbonyl (C=O) groups is 1. The molecule has 0 unspecified atom stereocenters. The van der Waals surface area contributed by atoms with E-state index in [4.69, 9.17) is 27.7 Å². The van der Waals surface area contributed by atoms with Gasteiger partial charge in [-0.15, -0.1) is 0 Å². The highest BCUT2D eigenvalue weighted by Gasteiger charge is 2.34. The van der Waals surface area contributed by atoms with Crippen LogP contribution in [0.4, 0.5) is 0 Å². The highest BCUT2D eigenvalue weighted by atomic mass is 79.9. The van der Waals surface area contributed by atoms with Crippen molar-refractivity contribution in [3.05, 3.63) is 68.4 Å². The molecule has 3 aromatic rings. The Labute approximate surface area is 174 Å². The Kier molecular flexibility index (Phi) is 5.21. The van der Waals surface area contributed by atoms with Gasteiger partial charge in [0.05, 0.1) is 10.0 Å². The number of rotatable bonds is 3. The summed E-state index contributed by atoms with van der Waals surface area (Å²) >= 11 is 15.4. The van der Waals surface area contributed by atoms with Gasteiger partial charge in [-0.3, -0.25) is 4.79 Å². The van der Waals surface area contributed by atoms with Crippen LogP contribution in [0.1, 0.15) is 35.1 Å². The van der Waals surface area contributed by atoms with E-state index in [9.17, 15) is 4.79 Å². The van der Waals surface area contributed by atoms with Crippen molar-refractivity contribution >= 4 is 45.0 Å². The van der Waals surface area contributed by atoms with Crippen molar-refractivity contribution < 1.29 is 9.32 Å². The van der Waals surface area contributed by atoms with Crippen molar-refractivity contribution in [3.63, 3.8) is 0 Å². The lowest BCUT2D eigenvalue weighted by Crippen LogP contribution is -2.30. The van der Waals surface area contributed by atoms with Gasteiger partial charge < -0.3 is 9.42 Å². The zero-order valence-corrected chi connectivity index (χ0v) is 17.1. The fourth-order valence-corrected chi connectivity index (χ4v) is 3.71. The Morgan fingerprint density at radius 2 is 1.93 bits per heavy atom. The maximum Gasteiger partial charge on any atom is 0.254 e. The van der Waals surface area contributed by atoms with E-state index >= 15 is 0 Å². The lowest BCUT2D eigenvalue weighted by Gasteiger charge is -2.22. The fraction of sp³-hybridized carbons (Fsp3) is 0.211. The molecule has 0 saturated carbocycles. The quantitative estimate of drug-likeness (QED) is 0.490. The number of likely N-dealkylation sites (tertiary alicyclic amines) is 1. The Morgan fingerprint density at radius 1 is 1.15 bits per heavy atom. The van der Waals surface area contributed by atoms with Crippen LogP contribution in [-0.4, -0.2) is 27.5 Å². The number of hydrogen-bond acceptors (Lipinski definition) is 4. The van der Waals surface area contributed by atoms with Gasteiger partial charge in [-0.25, -0.2) is 0 Å². The normalized spacial score (nSPS) is 16.7. The molecule has 27 heavy (non-hydrogen) atoms. The molecule has 0 bridgehead atoms. The van der Waals surface area contributed by atoms with Crippen LogP contribution in [-0.2, 0) is 0 Å². The summed E-state index contributed by atoms with van der Waals surface area (Å²) in [4.78, 5) is 19.2. The predicted molar refractivity (Wildman–Crippen MR) is 107 cm³/mol. The first-order chi connectivity index (χ1) is 13.0. The highest BCUT2D eigenvalue weighted by Crippen LogP contribution is 2.34. The molecule has 1 aliphatic rings. The first kappa shape index (κ1) is 18.5. The Hall–Kier alpha value is -1.89. The van der Waals surface area contributed by atoms with Crippen LogP contribution in [0.2, 0.25) is 10.0 Å². The van der Waals surface area contributed by atoms with Crippen molar-refractivity contribution in [1.29, 1.82) is 0 Å². The number of amides is 1. The molecule has 4 rings (SSSR count). The molecule has 8 heteroatoms. The van der Waals surface area contributed by atoms with Gasteiger partial charge in [-0.1, -0.05) is 44.3 Å². The number of nitrogens with zero attached hydrogens (tertiary/aromatic N) is 3. The minimum Gasteiger partial charge on any atom is -0.337 e. The SMILES string of the molecule is O=C(c1ccc(Cl)c(Cl)c1)N1CCC[C@@H]1c1nc(-c2ccc(Br)cc2)no1. The Balaban J connectivity index is 1.59. The molecule has 138 valence electrons. The van der Waals surface area contributed by atoms with Crippen molar-refractivity contribution in [3.8, 4) is 11.4 Å². The standard InChI is InChI=1S/C19H14BrCl2N3O2/c20-13-6-3-11(4-7-13)17-23-18(27-24-17)16-2-1-9-25(16)19(26)12-5-8-14(21)15(22)10-12/h3-8,10,16H,1-2,9H2/t16-/m1/s1. The van der Waals surface area contributed by atoms with E-state index in [1.165, 1.54) is 0 Å². The molecule has 1 atom stereocenters. The van der Waals surface area contributed by atoms with E-state index < -0.39 is 0 Å². The summed E-state index contributed by atoms with van der Waals surface area (Å²) in [7, 11) is 0. The molecule has 0 spiro atoms. The molecular weight excluding hydrogens is 453 g/mol. The summed E-state index contributed by atoms with van der Waals surface area (Å²) in [5.74, 6) is 0.824. The number of aromatic nitrogens is 2. The molecule has 1 amide bonds. The minimum absolute atomic E-state index is 0.126. The monoisotopic (exact) mass is 465 g/mol. The topological polar surface area (TPSA) is 59.2 Å². The zero-order valence-electron chi connectivity index (χ0n) is 14.0. The van der Waals surface area contributed by atoms with Crippen LogP contribution in [0.3, 0.4) is 0 Å². The van der Waals surface area contributed by atoms with Gasteiger partial charge in [-0.2, -0.15) is 4.98 Å². The average Bonchev–Trinajstić information content (AvgIpc) is 3.33. The molecule has 1 saturated heterocycles. The predicted octanol–water partition coefficient (Wildman–Crippen LogP) is 5.78. The summed E-state index contributed by atoms with van der Waals surface area (Å²) in [6.07, 6.45) is 1.64. The van der Waals surface area contributed by atoms with Crippen molar-refractivity contribution in [2.75, 3.05) is 6.54 Å². The highest BCUT2D eigenvalue weighted by molar-refractivity contribution is 9.10. The summed E-state index contributed by atoms with van der Waals surface area (Å²) in [6, 6.07) is 12.3. The van der Waals surface area contributed by atoms with Crippen molar-refractivity contribution in [2.24, 2.45) is 0 Å². The molecule has 1 fully saturated rings. The number of benzene rings is 2. The van der Waals surface area contributed by atoms with E-state index in [2.05, 4.69) is 26.1 Å². The summed E-state index contributed by atoms with van der Waals surface area (Å²) in [5, 5.41) is 4.85. The molecule has 1 aliphatic heterocycles. The largest absolute Gasteiger partial charge is 0.337 e. The van der Waals surface area contributed by atoms with Gasteiger partial charge in [-0.05, 0) is 55.3 Å². The molecule has 1 aromatic heterocycles. The van der Waals surface area contributed by atoms with E-state index in [0.29, 0.717) is 33.9 Å². The third-order valence-electron chi connectivity index (χ3n) is 4.51. The molecule has 2 aromatic carbocycles. The number of carbonyl (C=O) groups excluding carboxylic acids is 1. The average molecular weight is 467 g/mol. The minimum atomic E-state index is -0.247. The van der Waals surface area contributed by atoms with Crippen LogP contribution >= 0.6 is 39.1 Å². The maximum atomic E-state index is 12.9. The van der Waals surface area contributed by atoms with Crippen molar-refractivity contribution in [1.82, 2.24) is 15.0 Å². The van der Waals surface area contributed by atoms with Gasteiger partial charge in [0.25, 0.3) is 5.91 Å². The molecule has 0 radical (unpaired) electrons. The van der Waals surface area contributed by atoms with Crippen molar-refractivity contribution in [2.45, 2.75) is 18.9 Å². The zero-order chi connectivity index (χ0) is 19.0. The summed E-state index contributed by atoms with van der Waals surface area (Å²) < 4.78 is 6.45. The molecule has 2 heterocycles. The van der Waals surface area contributed by atoms with Crippen LogP contribution in [0.25, 0.3) is 11.4 Å². The first-order valence-corrected chi connectivity index (χ1v) is 9.93. The van der Waals surface area contributed by atoms with Crippen LogP contribution in [0.5, 0.6) is 0 Å². The number of hydrogen-bond donors (Lipinski definition) is 0. The fourth-order valence-electron chi connectivity index (χ4n) is 3.15. The van der Waals surface area contributed by atoms with E-state index in [1.54, 1.807) is 23.1 Å². The first-order valence-electron chi connectivity index (χ1n) is 8.38. The molecule has 5 nitrogen and oxygen atoms in total. The second kappa shape index (κ2) is 7.62. The maximum absolute atomic E-state index is 12.9. The molecule has 0 aliphatic carbocycles. The number of halogens is 3. The van der Waals surface area contributed by atoms with Crippen LogP contribution in [0.15, 0.2) is 51.5 Å². The van der Waals surface area contributed by atoms with Crippen LogP contribution in [0, 0.1) is 0 Å². The third kappa shape index (κ3) is 3.74. The molecular formula is C19H14BrCl2N3O2. The second-order valence-corrected chi connectivity index (χ2v) is 7.98. The van der Waals surface area contributed by atoms with E-state index in [1.807, 2.05) is 24.3 Å². The molecule has 0 N–H and O–H groups in total. The van der Waals surface area contributed by atoms with Gasteiger partial charge in [0.1, 0.15) is 6.04 Å². The van der Waals surface area contributed by atoms with Gasteiger partial charge in [0.2, 0.25) is 11.7 Å². The van der Waals surface area contributed by atoms with E-state index in [0.717, 1.165) is 22.9 Å². The Bertz CT molecular complexity index is 991. The third-order valence-corrected chi connectivity index (χ3v) is 5.78. The van der Waals surface area contributed by atoms with Gasteiger partial charge >= 0.3 is 0 Å². The van der Waals surface area contributed by atoms with Crippen LogP contribution < -0.4 is 0 Å². The summed E-state index contributed by atoms with van der Waals surface area (Å²) in [6.45, 7) is 0.625. The summed E-state index contributed by atoms with van der Waals surface area (Å²) in [5.41, 5.74) is 1.34. The lowest BCUT2D eigenvalue weighted by atomic mass is 10.1. The van der Waals surface area contributed by atoms with E-state index in [-0.39, 0.29) is 11.9 Å². The lowest BCUT2D eigenvalue weighted by molar-refractivity contribution is 0.0710. The second-order valence-electron chi connectivity index (χ2n) is 6.25. The smallest absolute Gasteiger partial charge is 0.254 e. The van der Waals surface area contributed by atoms with Gasteiger partial charge in [0.15, 0.2) is 0 Å².